The molecule has 3 aromatic rings. The quantitative estimate of drug-likeness (QED) is 0.327. The Morgan fingerprint density at radius 1 is 1.12 bits per heavy atom. The summed E-state index contributed by atoms with van der Waals surface area (Å²) in [6.45, 7) is 6.90. The number of hydrogen-bond acceptors (Lipinski definition) is 10. The summed E-state index contributed by atoms with van der Waals surface area (Å²) in [4.78, 5) is 69.4. The Morgan fingerprint density at radius 2 is 1.83 bits per heavy atom. The molecule has 6 atom stereocenters. The number of nitrogens with zero attached hydrogens (tertiary/aromatic N) is 3. The first-order valence-electron chi connectivity index (χ1n) is 15.6. The highest BCUT2D eigenvalue weighted by atomic mass is 32.2. The molecule has 0 bridgehead atoms. The number of aromatic nitrogens is 2. The number of carboxylic acid groups (broad SMARTS) is 1. The number of hydrogen-bond donors (Lipinski definition) is 3. The van der Waals surface area contributed by atoms with Gasteiger partial charge in [0, 0.05) is 35.4 Å². The number of ether oxygens (including phenoxy) is 1. The normalized spacial score (nSPS) is 28.2. The number of carbonyl (C=O) groups excluding carboxylic acids is 3. The van der Waals surface area contributed by atoms with Gasteiger partial charge < -0.3 is 25.4 Å². The third-order valence-corrected chi connectivity index (χ3v) is 11.4. The zero-order chi connectivity index (χ0) is 34.4. The predicted octanol–water partition coefficient (Wildman–Crippen LogP) is 4.39. The maximum absolute atomic E-state index is 14.4. The fourth-order valence-electron chi connectivity index (χ4n) is 6.32. The van der Waals surface area contributed by atoms with Crippen molar-refractivity contribution in [2.75, 3.05) is 12.3 Å². The highest BCUT2D eigenvalue weighted by molar-refractivity contribution is 8.00. The Balaban J connectivity index is 1.40. The average Bonchev–Trinajstić information content (AvgIpc) is 3.54. The molecule has 254 valence electrons. The Bertz CT molecular complexity index is 1800. The Morgan fingerprint density at radius 3 is 2.48 bits per heavy atom. The number of alkyl carbamates (subject to hydrolysis) is 1. The van der Waals surface area contributed by atoms with Gasteiger partial charge in [-0.1, -0.05) is 19.1 Å². The van der Waals surface area contributed by atoms with Crippen LogP contribution in [0.15, 0.2) is 56.8 Å². The Hall–Kier alpha value is -3.95. The lowest BCUT2D eigenvalue weighted by Gasteiger charge is -2.32. The van der Waals surface area contributed by atoms with E-state index in [2.05, 4.69) is 15.7 Å². The lowest BCUT2D eigenvalue weighted by atomic mass is 10.0. The van der Waals surface area contributed by atoms with Gasteiger partial charge in [0.2, 0.25) is 11.8 Å². The summed E-state index contributed by atoms with van der Waals surface area (Å²) in [5.74, 6) is -2.28. The molecule has 0 spiro atoms. The molecule has 5 heterocycles. The van der Waals surface area contributed by atoms with Crippen molar-refractivity contribution in [3.63, 3.8) is 0 Å². The monoisotopic (exact) mass is 711 g/mol. The van der Waals surface area contributed by atoms with Gasteiger partial charge >= 0.3 is 12.1 Å². The molecule has 0 aromatic carbocycles. The summed E-state index contributed by atoms with van der Waals surface area (Å²) in [6.07, 6.45) is 4.71. The smallest absolute Gasteiger partial charge is 0.408 e. The minimum absolute atomic E-state index is 0.0161. The van der Waals surface area contributed by atoms with E-state index in [1.807, 2.05) is 46.7 Å². The van der Waals surface area contributed by atoms with Crippen molar-refractivity contribution in [3.05, 3.63) is 62.4 Å². The molecule has 1 aliphatic carbocycles. The molecule has 3 aromatic heterocycles. The molecule has 3 aliphatic rings. The average molecular weight is 712 g/mol. The Kier molecular flexibility index (Phi) is 9.30. The molecule has 48 heavy (non-hydrogen) atoms. The van der Waals surface area contributed by atoms with Crippen LogP contribution >= 0.6 is 34.4 Å². The molecule has 0 radical (unpaired) electrons. The van der Waals surface area contributed by atoms with Crippen LogP contribution in [0.25, 0.3) is 22.3 Å². The summed E-state index contributed by atoms with van der Waals surface area (Å²) >= 11 is 4.37. The lowest BCUT2D eigenvalue weighted by Crippen LogP contribution is -2.58. The van der Waals surface area contributed by atoms with Gasteiger partial charge in [-0.25, -0.2) is 14.3 Å². The highest BCUT2D eigenvalue weighted by Gasteiger charge is 2.61. The van der Waals surface area contributed by atoms with Crippen molar-refractivity contribution >= 4 is 58.3 Å². The maximum atomic E-state index is 14.4. The van der Waals surface area contributed by atoms with Gasteiger partial charge in [0.1, 0.15) is 23.2 Å². The first-order valence-corrected chi connectivity index (χ1v) is 18.5. The largest absolute Gasteiger partial charge is 0.479 e. The maximum Gasteiger partial charge on any atom is 0.408 e. The van der Waals surface area contributed by atoms with E-state index in [1.165, 1.54) is 44.0 Å². The third-order valence-electron chi connectivity index (χ3n) is 8.83. The zero-order valence-corrected chi connectivity index (χ0v) is 29.3. The van der Waals surface area contributed by atoms with Crippen molar-refractivity contribution in [1.82, 2.24) is 25.3 Å². The first-order chi connectivity index (χ1) is 22.8. The van der Waals surface area contributed by atoms with Gasteiger partial charge in [0.25, 0.3) is 5.56 Å². The van der Waals surface area contributed by atoms with Crippen LogP contribution in [0, 0.1) is 5.92 Å². The second-order valence-electron chi connectivity index (χ2n) is 13.3. The molecule has 2 aliphatic heterocycles. The van der Waals surface area contributed by atoms with E-state index in [0.29, 0.717) is 16.9 Å². The standard InChI is InChI=1S/C33H37N5O7S3/c1-18-26(35-31(44)45-32(2,3)4)29(41)37-15-22(12-24(37)27(39)36-33(30(42)43)13-21(33)6-5-9-48-18)38-28(40)25(20-8-11-47-17-20)23(14-34-38)19-7-10-46-16-19/h5-8,10-11,14,16-18,21-22,24,26H,9,12-13,15H2,1-4H3,(H,35,44)(H,36,39)(H,42,43)/b6-5-/t18?,21?,22-,24+,26+,33?/m1/s1. The second kappa shape index (κ2) is 13.2. The van der Waals surface area contributed by atoms with Gasteiger partial charge in [-0.2, -0.15) is 39.5 Å². The molecule has 6 rings (SSSR count). The van der Waals surface area contributed by atoms with E-state index in [4.69, 9.17) is 4.74 Å². The number of carboxylic acids is 1. The molecule has 15 heteroatoms. The summed E-state index contributed by atoms with van der Waals surface area (Å²) < 4.78 is 6.80. The van der Waals surface area contributed by atoms with E-state index in [-0.39, 0.29) is 24.9 Å². The van der Waals surface area contributed by atoms with E-state index < -0.39 is 64.3 Å². The predicted molar refractivity (Wildman–Crippen MR) is 185 cm³/mol. The van der Waals surface area contributed by atoms with Gasteiger partial charge in [0.15, 0.2) is 0 Å². The van der Waals surface area contributed by atoms with E-state index >= 15 is 0 Å². The van der Waals surface area contributed by atoms with Crippen molar-refractivity contribution in [3.8, 4) is 22.3 Å². The van der Waals surface area contributed by atoms with Gasteiger partial charge in [0.05, 0.1) is 17.8 Å². The molecular weight excluding hydrogens is 675 g/mol. The number of fused-ring (bicyclic) bond motifs is 2. The number of carbonyl (C=O) groups is 4. The minimum atomic E-state index is -1.48. The number of nitrogens with one attached hydrogen (secondary N) is 2. The first kappa shape index (κ1) is 33.9. The SMILES string of the molecule is CC1SC/C=C\C2CC2(C(=O)O)NC(=O)[C@@H]2C[C@@H](n3ncc(-c4ccsc4)c(-c4ccsc4)c3=O)CN2C(=O)[C@H]1NC(=O)OC(C)(C)C. The third kappa shape index (κ3) is 6.67. The number of thiophene rings is 2. The molecule has 3 amide bonds. The van der Waals surface area contributed by atoms with Crippen molar-refractivity contribution in [2.45, 2.75) is 75.1 Å². The minimum Gasteiger partial charge on any atom is -0.479 e. The second-order valence-corrected chi connectivity index (χ2v) is 16.2. The molecule has 2 fully saturated rings. The van der Waals surface area contributed by atoms with Crippen LogP contribution in [0.1, 0.15) is 46.6 Å². The number of amides is 3. The fraction of sp³-hybridized carbons (Fsp3) is 0.455. The van der Waals surface area contributed by atoms with Crippen molar-refractivity contribution < 1.29 is 29.0 Å². The van der Waals surface area contributed by atoms with Crippen LogP contribution in [0.2, 0.25) is 0 Å². The molecule has 3 N–H and O–H groups in total. The number of rotatable bonds is 5. The van der Waals surface area contributed by atoms with Gasteiger partial charge in [-0.3, -0.25) is 14.4 Å². The summed E-state index contributed by atoms with van der Waals surface area (Å²) in [5.41, 5.74) is 0.0635. The number of thioether (sulfide) groups is 1. The molecule has 1 saturated heterocycles. The van der Waals surface area contributed by atoms with Crippen molar-refractivity contribution in [1.29, 1.82) is 0 Å². The van der Waals surface area contributed by atoms with E-state index in [1.54, 1.807) is 33.0 Å². The van der Waals surface area contributed by atoms with Crippen LogP contribution in [-0.4, -0.2) is 84.4 Å². The van der Waals surface area contributed by atoms with Crippen molar-refractivity contribution in [2.24, 2.45) is 5.92 Å². The number of aliphatic carboxylic acids is 1. The van der Waals surface area contributed by atoms with Gasteiger partial charge in [-0.05, 0) is 72.0 Å². The van der Waals surface area contributed by atoms with E-state index in [9.17, 15) is 29.1 Å². The Labute approximate surface area is 289 Å². The molecule has 3 unspecified atom stereocenters. The van der Waals surface area contributed by atoms with Crippen LogP contribution in [0.4, 0.5) is 4.79 Å². The highest BCUT2D eigenvalue weighted by Crippen LogP contribution is 2.46. The molecule has 1 saturated carbocycles. The summed E-state index contributed by atoms with van der Waals surface area (Å²) in [7, 11) is 0. The van der Waals surface area contributed by atoms with Gasteiger partial charge in [-0.15, -0.1) is 0 Å². The van der Waals surface area contributed by atoms with Crippen LogP contribution < -0.4 is 16.2 Å². The fourth-order valence-corrected chi connectivity index (χ4v) is 8.52. The summed E-state index contributed by atoms with van der Waals surface area (Å²) in [6, 6.07) is 0.870. The molecular formula is C33H37N5O7S3. The summed E-state index contributed by atoms with van der Waals surface area (Å²) in [5, 5.41) is 27.3. The van der Waals surface area contributed by atoms with Crippen LogP contribution in [0.3, 0.4) is 0 Å². The lowest BCUT2D eigenvalue weighted by molar-refractivity contribution is -0.145. The molecule has 12 nitrogen and oxygen atoms in total. The van der Waals surface area contributed by atoms with Crippen LogP contribution in [0.5, 0.6) is 0 Å². The topological polar surface area (TPSA) is 160 Å². The van der Waals surface area contributed by atoms with E-state index in [0.717, 1.165) is 11.1 Å². The zero-order valence-electron chi connectivity index (χ0n) is 26.9. The van der Waals surface area contributed by atoms with Crippen LogP contribution in [-0.2, 0) is 19.1 Å².